The summed E-state index contributed by atoms with van der Waals surface area (Å²) in [5.74, 6) is -0.959. The molecule has 34 heavy (non-hydrogen) atoms. The molecule has 0 bridgehead atoms. The molecule has 8 nitrogen and oxygen atoms in total. The first-order valence-corrected chi connectivity index (χ1v) is 11.4. The Morgan fingerprint density at radius 1 is 1.09 bits per heavy atom. The van der Waals surface area contributed by atoms with Crippen LogP contribution in [0.25, 0.3) is 0 Å². The summed E-state index contributed by atoms with van der Waals surface area (Å²) < 4.78 is 1.90. The molecule has 174 valence electrons. The van der Waals surface area contributed by atoms with Gasteiger partial charge in [0, 0.05) is 57.0 Å². The Balaban J connectivity index is 1.47. The Kier molecular flexibility index (Phi) is 5.65. The van der Waals surface area contributed by atoms with Crippen LogP contribution in [0.5, 0.6) is 0 Å². The fourth-order valence-corrected chi connectivity index (χ4v) is 4.80. The maximum atomic E-state index is 13.6. The van der Waals surface area contributed by atoms with Gasteiger partial charge in [-0.15, -0.1) is 0 Å². The van der Waals surface area contributed by atoms with Gasteiger partial charge in [-0.25, -0.2) is 0 Å². The number of nitrogens with zero attached hydrogens (tertiary/aromatic N) is 4. The van der Waals surface area contributed by atoms with E-state index in [1.54, 1.807) is 19.0 Å². The topological polar surface area (TPSA) is 87.5 Å². The van der Waals surface area contributed by atoms with Crippen LogP contribution in [-0.2, 0) is 29.1 Å². The van der Waals surface area contributed by atoms with Crippen molar-refractivity contribution >= 4 is 23.4 Å². The lowest BCUT2D eigenvalue weighted by Crippen LogP contribution is -2.42. The van der Waals surface area contributed by atoms with Gasteiger partial charge in [-0.1, -0.05) is 48.5 Å². The van der Waals surface area contributed by atoms with Gasteiger partial charge in [0.25, 0.3) is 5.91 Å². The van der Waals surface area contributed by atoms with Crippen molar-refractivity contribution in [3.05, 3.63) is 82.7 Å². The van der Waals surface area contributed by atoms with Gasteiger partial charge in [0.05, 0.1) is 12.5 Å². The molecule has 0 saturated heterocycles. The molecule has 2 aliphatic heterocycles. The molecule has 1 N–H and O–H groups in total. The van der Waals surface area contributed by atoms with Crippen LogP contribution >= 0.6 is 0 Å². The normalized spacial score (nSPS) is 16.9. The lowest BCUT2D eigenvalue weighted by atomic mass is 9.88. The van der Waals surface area contributed by atoms with Crippen molar-refractivity contribution in [3.63, 3.8) is 0 Å². The number of anilines is 1. The second-order valence-electron chi connectivity index (χ2n) is 9.02. The number of amides is 3. The number of benzene rings is 2. The van der Waals surface area contributed by atoms with Crippen LogP contribution in [0.15, 0.2) is 54.6 Å². The summed E-state index contributed by atoms with van der Waals surface area (Å²) in [5, 5.41) is 7.54. The van der Waals surface area contributed by atoms with Crippen LogP contribution in [0.3, 0.4) is 0 Å². The van der Waals surface area contributed by atoms with Crippen LogP contribution < -0.4 is 5.32 Å². The zero-order chi connectivity index (χ0) is 23.8. The number of carbonyl (C=O) groups is 3. The molecule has 8 heteroatoms. The summed E-state index contributed by atoms with van der Waals surface area (Å²) >= 11 is 0. The molecule has 0 fully saturated rings. The van der Waals surface area contributed by atoms with E-state index in [4.69, 9.17) is 0 Å². The van der Waals surface area contributed by atoms with E-state index in [0.29, 0.717) is 37.4 Å². The Bertz CT molecular complexity index is 1260. The second-order valence-corrected chi connectivity index (χ2v) is 9.02. The molecular weight excluding hydrogens is 430 g/mol. The van der Waals surface area contributed by atoms with Gasteiger partial charge in [-0.2, -0.15) is 5.10 Å². The first-order valence-electron chi connectivity index (χ1n) is 11.4. The molecule has 0 radical (unpaired) electrons. The molecule has 2 aromatic carbocycles. The predicted molar refractivity (Wildman–Crippen MR) is 127 cm³/mol. The van der Waals surface area contributed by atoms with Crippen molar-refractivity contribution in [2.45, 2.75) is 31.8 Å². The van der Waals surface area contributed by atoms with Crippen LogP contribution in [0.1, 0.15) is 45.2 Å². The second kappa shape index (κ2) is 8.78. The average Bonchev–Trinajstić information content (AvgIpc) is 3.20. The van der Waals surface area contributed by atoms with Crippen molar-refractivity contribution in [2.75, 3.05) is 26.0 Å². The van der Waals surface area contributed by atoms with Crippen molar-refractivity contribution < 1.29 is 14.4 Å². The number of aromatic nitrogens is 2. The standard InChI is InChI=1S/C26H27N5O3/c1-29(2)26(34)24-20-16-30(13-12-22(20)31(28-24)15-17-8-4-3-5-9-17)25(33)19-14-23(32)27-21-11-7-6-10-18(19)21/h3-11,19H,12-16H2,1-2H3,(H,27,32). The van der Waals surface area contributed by atoms with Crippen LogP contribution in [-0.4, -0.2) is 57.9 Å². The molecule has 1 unspecified atom stereocenters. The molecule has 3 aromatic rings. The zero-order valence-electron chi connectivity index (χ0n) is 19.3. The van der Waals surface area contributed by atoms with E-state index in [9.17, 15) is 14.4 Å². The van der Waals surface area contributed by atoms with Gasteiger partial charge < -0.3 is 15.1 Å². The molecule has 3 amide bonds. The first-order chi connectivity index (χ1) is 16.4. The van der Waals surface area contributed by atoms with Crippen molar-refractivity contribution in [2.24, 2.45) is 0 Å². The van der Waals surface area contributed by atoms with E-state index in [1.807, 2.05) is 59.3 Å². The number of carbonyl (C=O) groups excluding carboxylic acids is 3. The Morgan fingerprint density at radius 2 is 1.82 bits per heavy atom. The molecule has 2 aliphatic rings. The minimum atomic E-state index is -0.529. The average molecular weight is 458 g/mol. The number of fused-ring (bicyclic) bond motifs is 2. The molecule has 3 heterocycles. The summed E-state index contributed by atoms with van der Waals surface area (Å²) in [4.78, 5) is 42.1. The highest BCUT2D eigenvalue weighted by Gasteiger charge is 2.37. The summed E-state index contributed by atoms with van der Waals surface area (Å²) in [6.45, 7) is 1.38. The highest BCUT2D eigenvalue weighted by Crippen LogP contribution is 2.35. The number of hydrogen-bond acceptors (Lipinski definition) is 4. The Hall–Kier alpha value is -3.94. The van der Waals surface area contributed by atoms with Gasteiger partial charge in [-0.3, -0.25) is 19.1 Å². The molecular formula is C26H27N5O3. The van der Waals surface area contributed by atoms with E-state index in [-0.39, 0.29) is 24.1 Å². The Morgan fingerprint density at radius 3 is 2.59 bits per heavy atom. The van der Waals surface area contributed by atoms with E-state index < -0.39 is 5.92 Å². The zero-order valence-corrected chi connectivity index (χ0v) is 19.3. The number of rotatable bonds is 4. The lowest BCUT2D eigenvalue weighted by molar-refractivity contribution is -0.135. The smallest absolute Gasteiger partial charge is 0.274 e. The quantitative estimate of drug-likeness (QED) is 0.653. The highest BCUT2D eigenvalue weighted by atomic mass is 16.2. The van der Waals surface area contributed by atoms with Gasteiger partial charge >= 0.3 is 0 Å². The third-order valence-electron chi connectivity index (χ3n) is 6.53. The number of para-hydroxylation sites is 1. The van der Waals surface area contributed by atoms with Gasteiger partial charge in [0.15, 0.2) is 5.69 Å². The van der Waals surface area contributed by atoms with Crippen molar-refractivity contribution in [1.29, 1.82) is 0 Å². The third kappa shape index (κ3) is 3.96. The summed E-state index contributed by atoms with van der Waals surface area (Å²) in [6.07, 6.45) is 0.720. The third-order valence-corrected chi connectivity index (χ3v) is 6.53. The largest absolute Gasteiger partial charge is 0.343 e. The lowest BCUT2D eigenvalue weighted by Gasteiger charge is -2.33. The van der Waals surface area contributed by atoms with Crippen LogP contribution in [0, 0.1) is 0 Å². The van der Waals surface area contributed by atoms with E-state index in [0.717, 1.165) is 22.4 Å². The Labute approximate surface area is 198 Å². The summed E-state index contributed by atoms with van der Waals surface area (Å²) in [7, 11) is 3.41. The van der Waals surface area contributed by atoms with Gasteiger partial charge in [0.1, 0.15) is 0 Å². The fraction of sp³-hybridized carbons (Fsp3) is 0.308. The maximum Gasteiger partial charge on any atom is 0.274 e. The van der Waals surface area contributed by atoms with Crippen molar-refractivity contribution in [1.82, 2.24) is 19.6 Å². The molecule has 0 spiro atoms. The maximum absolute atomic E-state index is 13.6. The molecule has 5 rings (SSSR count). The summed E-state index contributed by atoms with van der Waals surface area (Å²) in [5.41, 5.74) is 4.79. The minimum Gasteiger partial charge on any atom is -0.343 e. The van der Waals surface area contributed by atoms with Gasteiger partial charge in [-0.05, 0) is 17.2 Å². The van der Waals surface area contributed by atoms with Gasteiger partial charge in [0.2, 0.25) is 11.8 Å². The SMILES string of the molecule is CN(C)C(=O)c1nn(Cc2ccccc2)c2c1CN(C(=O)C1CC(=O)Nc3ccccc31)CC2. The fourth-order valence-electron chi connectivity index (χ4n) is 4.80. The monoisotopic (exact) mass is 457 g/mol. The first kappa shape index (κ1) is 21.9. The summed E-state index contributed by atoms with van der Waals surface area (Å²) in [6, 6.07) is 17.4. The molecule has 0 aliphatic carbocycles. The van der Waals surface area contributed by atoms with E-state index >= 15 is 0 Å². The van der Waals surface area contributed by atoms with E-state index in [1.165, 1.54) is 4.90 Å². The minimum absolute atomic E-state index is 0.0907. The highest BCUT2D eigenvalue weighted by molar-refractivity contribution is 6.01. The molecule has 0 saturated carbocycles. The van der Waals surface area contributed by atoms with E-state index in [2.05, 4.69) is 10.4 Å². The molecule has 1 atom stereocenters. The number of nitrogens with one attached hydrogen (secondary N) is 1. The molecule has 1 aromatic heterocycles. The van der Waals surface area contributed by atoms with Crippen molar-refractivity contribution in [3.8, 4) is 0 Å². The predicted octanol–water partition coefficient (Wildman–Crippen LogP) is 2.64. The number of hydrogen-bond donors (Lipinski definition) is 1. The van der Waals surface area contributed by atoms with Crippen LogP contribution in [0.2, 0.25) is 0 Å². The van der Waals surface area contributed by atoms with Crippen LogP contribution in [0.4, 0.5) is 5.69 Å².